The molecule has 5 nitrogen and oxygen atoms in total. The predicted molar refractivity (Wildman–Crippen MR) is 147 cm³/mol. The Morgan fingerprint density at radius 1 is 0.838 bits per heavy atom. The second-order valence-electron chi connectivity index (χ2n) is 8.84. The van der Waals surface area contributed by atoms with Gasteiger partial charge in [0.05, 0.1) is 22.2 Å². The standard InChI is InChI=1S/C31H25N3O2S/c1-23-16-18-28(19-17-23)37(35,36)34-22-26(29-14-8-9-15-30(29)34)20-27(21-32)33-31(24-10-4-2-5-11-24)25-12-6-3-7-13-25/h2-19,22,27H,20H2,1H3. The summed E-state index contributed by atoms with van der Waals surface area (Å²) in [5.41, 5.74) is 4.87. The molecule has 0 spiro atoms. The fraction of sp³-hybridized carbons (Fsp3) is 0.0968. The van der Waals surface area contributed by atoms with Crippen LogP contribution in [-0.4, -0.2) is 24.1 Å². The maximum absolute atomic E-state index is 13.5. The molecule has 0 bridgehead atoms. The van der Waals surface area contributed by atoms with E-state index in [4.69, 9.17) is 4.99 Å². The van der Waals surface area contributed by atoms with Gasteiger partial charge in [0.15, 0.2) is 0 Å². The second kappa shape index (κ2) is 10.3. The van der Waals surface area contributed by atoms with Gasteiger partial charge in [-0.2, -0.15) is 5.26 Å². The molecule has 1 heterocycles. The molecule has 1 unspecified atom stereocenters. The molecule has 0 amide bonds. The van der Waals surface area contributed by atoms with E-state index in [0.717, 1.165) is 33.4 Å². The lowest BCUT2D eigenvalue weighted by molar-refractivity contribution is 0.589. The van der Waals surface area contributed by atoms with Crippen molar-refractivity contribution in [1.82, 2.24) is 3.97 Å². The number of fused-ring (bicyclic) bond motifs is 1. The summed E-state index contributed by atoms with van der Waals surface area (Å²) in [4.78, 5) is 5.09. The first-order chi connectivity index (χ1) is 18.0. The summed E-state index contributed by atoms with van der Waals surface area (Å²) in [6.45, 7) is 1.92. The fourth-order valence-corrected chi connectivity index (χ4v) is 5.79. The number of nitrogens with zero attached hydrogens (tertiary/aromatic N) is 3. The van der Waals surface area contributed by atoms with Crippen LogP contribution < -0.4 is 0 Å². The molecule has 0 aliphatic rings. The van der Waals surface area contributed by atoms with Crippen LogP contribution in [0.2, 0.25) is 0 Å². The summed E-state index contributed by atoms with van der Waals surface area (Å²) in [5.74, 6) is 0. The Labute approximate surface area is 217 Å². The lowest BCUT2D eigenvalue weighted by atomic mass is 10.0. The Hall–Kier alpha value is -4.47. The lowest BCUT2D eigenvalue weighted by Crippen LogP contribution is -2.13. The van der Waals surface area contributed by atoms with Gasteiger partial charge in [-0.3, -0.25) is 4.99 Å². The molecule has 182 valence electrons. The molecule has 0 radical (unpaired) electrons. The summed E-state index contributed by atoms with van der Waals surface area (Å²) in [6.07, 6.45) is 1.90. The SMILES string of the molecule is Cc1ccc(S(=O)(=O)n2cc(CC(C#N)N=C(c3ccccc3)c3ccccc3)c3ccccc32)cc1. The summed E-state index contributed by atoms with van der Waals surface area (Å²) >= 11 is 0. The topological polar surface area (TPSA) is 75.2 Å². The van der Waals surface area contributed by atoms with Gasteiger partial charge in [-0.1, -0.05) is 96.6 Å². The highest BCUT2D eigenvalue weighted by atomic mass is 32.2. The third-order valence-corrected chi connectivity index (χ3v) is 7.97. The van der Waals surface area contributed by atoms with Crippen LogP contribution in [0.25, 0.3) is 10.9 Å². The fourth-order valence-electron chi connectivity index (χ4n) is 4.40. The number of aliphatic imine (C=N–C) groups is 1. The highest BCUT2D eigenvalue weighted by Gasteiger charge is 2.23. The first-order valence-corrected chi connectivity index (χ1v) is 13.4. The minimum Gasteiger partial charge on any atom is -0.265 e. The zero-order valence-corrected chi connectivity index (χ0v) is 21.1. The van der Waals surface area contributed by atoms with Gasteiger partial charge in [0.25, 0.3) is 10.0 Å². The summed E-state index contributed by atoms with van der Waals surface area (Å²) in [6, 6.07) is 35.3. The van der Waals surface area contributed by atoms with E-state index in [1.54, 1.807) is 36.5 Å². The number of hydrogen-bond acceptors (Lipinski definition) is 4. The summed E-state index contributed by atoms with van der Waals surface area (Å²) in [7, 11) is -3.82. The molecule has 1 aromatic heterocycles. The minimum atomic E-state index is -3.82. The van der Waals surface area contributed by atoms with E-state index < -0.39 is 16.1 Å². The quantitative estimate of drug-likeness (QED) is 0.250. The second-order valence-corrected chi connectivity index (χ2v) is 10.7. The third-order valence-electron chi connectivity index (χ3n) is 6.28. The first-order valence-electron chi connectivity index (χ1n) is 12.0. The molecule has 6 heteroatoms. The van der Waals surface area contributed by atoms with Crippen LogP contribution in [-0.2, 0) is 16.4 Å². The highest BCUT2D eigenvalue weighted by Crippen LogP contribution is 2.28. The largest absolute Gasteiger partial charge is 0.268 e. The highest BCUT2D eigenvalue weighted by molar-refractivity contribution is 7.90. The van der Waals surface area contributed by atoms with Crippen LogP contribution in [0.1, 0.15) is 22.3 Å². The van der Waals surface area contributed by atoms with Crippen LogP contribution in [0.3, 0.4) is 0 Å². The molecule has 0 saturated carbocycles. The number of rotatable bonds is 7. The Morgan fingerprint density at radius 2 is 1.41 bits per heavy atom. The predicted octanol–water partition coefficient (Wildman–Crippen LogP) is 6.16. The Bertz CT molecular complexity index is 1670. The Morgan fingerprint density at radius 3 is 2.00 bits per heavy atom. The number of nitriles is 1. The molecule has 0 N–H and O–H groups in total. The van der Waals surface area contributed by atoms with Crippen molar-refractivity contribution in [2.45, 2.75) is 24.3 Å². The van der Waals surface area contributed by atoms with Gasteiger partial charge in [0, 0.05) is 29.1 Å². The smallest absolute Gasteiger partial charge is 0.265 e. The Balaban J connectivity index is 1.58. The first kappa shape index (κ1) is 24.2. The van der Waals surface area contributed by atoms with Crippen molar-refractivity contribution < 1.29 is 8.42 Å². The zero-order valence-electron chi connectivity index (χ0n) is 20.3. The number of para-hydroxylation sites is 1. The molecule has 5 rings (SSSR count). The maximum Gasteiger partial charge on any atom is 0.268 e. The van der Waals surface area contributed by atoms with Gasteiger partial charge < -0.3 is 0 Å². The van der Waals surface area contributed by atoms with Crippen molar-refractivity contribution in [3.63, 3.8) is 0 Å². The van der Waals surface area contributed by atoms with Crippen LogP contribution in [0.5, 0.6) is 0 Å². The third kappa shape index (κ3) is 4.95. The minimum absolute atomic E-state index is 0.218. The molecular formula is C31H25N3O2S. The molecule has 0 fully saturated rings. The monoisotopic (exact) mass is 503 g/mol. The average Bonchev–Trinajstić information content (AvgIpc) is 3.31. The normalized spacial score (nSPS) is 12.1. The number of benzene rings is 4. The molecule has 4 aromatic carbocycles. The van der Waals surface area contributed by atoms with E-state index in [0.29, 0.717) is 5.52 Å². The lowest BCUT2D eigenvalue weighted by Gasteiger charge is -2.11. The maximum atomic E-state index is 13.5. The molecule has 0 aliphatic heterocycles. The van der Waals surface area contributed by atoms with Crippen molar-refractivity contribution in [2.24, 2.45) is 4.99 Å². The van der Waals surface area contributed by atoms with Gasteiger partial charge in [0.1, 0.15) is 6.04 Å². The Kier molecular flexibility index (Phi) is 6.72. The van der Waals surface area contributed by atoms with Gasteiger partial charge in [-0.25, -0.2) is 12.4 Å². The number of hydrogen-bond donors (Lipinski definition) is 0. The average molecular weight is 504 g/mol. The van der Waals surface area contributed by atoms with Crippen LogP contribution in [0.15, 0.2) is 125 Å². The molecule has 5 aromatic rings. The zero-order chi connectivity index (χ0) is 25.8. The van der Waals surface area contributed by atoms with Crippen LogP contribution >= 0.6 is 0 Å². The van der Waals surface area contributed by atoms with Crippen LogP contribution in [0.4, 0.5) is 0 Å². The van der Waals surface area contributed by atoms with E-state index in [2.05, 4.69) is 6.07 Å². The molecule has 0 saturated heterocycles. The van der Waals surface area contributed by atoms with Gasteiger partial charge >= 0.3 is 0 Å². The summed E-state index contributed by atoms with van der Waals surface area (Å²) < 4.78 is 28.4. The van der Waals surface area contributed by atoms with Crippen molar-refractivity contribution in [3.05, 3.63) is 138 Å². The van der Waals surface area contributed by atoms with Crippen molar-refractivity contribution in [1.29, 1.82) is 5.26 Å². The van der Waals surface area contributed by atoms with Crippen molar-refractivity contribution in [3.8, 4) is 6.07 Å². The van der Waals surface area contributed by atoms with E-state index in [1.807, 2.05) is 85.8 Å². The van der Waals surface area contributed by atoms with Crippen molar-refractivity contribution in [2.75, 3.05) is 0 Å². The van der Waals surface area contributed by atoms with Gasteiger partial charge in [0.2, 0.25) is 0 Å². The molecule has 37 heavy (non-hydrogen) atoms. The number of aryl methyl sites for hydroxylation is 1. The van der Waals surface area contributed by atoms with Gasteiger partial charge in [-0.15, -0.1) is 0 Å². The van der Waals surface area contributed by atoms with Crippen LogP contribution in [0, 0.1) is 18.3 Å². The van der Waals surface area contributed by atoms with E-state index in [1.165, 1.54) is 3.97 Å². The molecule has 0 aliphatic carbocycles. The summed E-state index contributed by atoms with van der Waals surface area (Å²) in [5, 5.41) is 10.9. The van der Waals surface area contributed by atoms with E-state index in [-0.39, 0.29) is 11.3 Å². The van der Waals surface area contributed by atoms with Gasteiger partial charge in [-0.05, 0) is 30.7 Å². The molecular weight excluding hydrogens is 478 g/mol. The van der Waals surface area contributed by atoms with E-state index >= 15 is 0 Å². The van der Waals surface area contributed by atoms with E-state index in [9.17, 15) is 13.7 Å². The molecule has 1 atom stereocenters. The van der Waals surface area contributed by atoms with Crippen molar-refractivity contribution >= 4 is 26.6 Å². The number of aromatic nitrogens is 1.